The summed E-state index contributed by atoms with van der Waals surface area (Å²) in [4.78, 5) is 4.97. The van der Waals surface area contributed by atoms with E-state index in [4.69, 9.17) is 28.0 Å². The van der Waals surface area contributed by atoms with E-state index in [-0.39, 0.29) is 0 Å². The van der Waals surface area contributed by atoms with Crippen LogP contribution in [0.15, 0.2) is 29.4 Å². The summed E-state index contributed by atoms with van der Waals surface area (Å²) in [6, 6.07) is 7.31. The molecule has 0 fully saturated rings. The number of aromatic nitrogens is 2. The second-order valence-electron chi connectivity index (χ2n) is 5.45. The topological polar surface area (TPSA) is 47.4 Å². The number of hydrogen-bond donors (Lipinski definition) is 0. The summed E-state index contributed by atoms with van der Waals surface area (Å²) in [5, 5.41) is 14.0. The minimum absolute atomic E-state index is 0.473. The van der Waals surface area contributed by atoms with E-state index in [1.54, 1.807) is 19.2 Å². The Morgan fingerprint density at radius 2 is 1.95 bits per heavy atom. The van der Waals surface area contributed by atoms with Gasteiger partial charge < -0.3 is 4.84 Å². The van der Waals surface area contributed by atoms with Crippen molar-refractivity contribution in [2.24, 2.45) is 11.1 Å². The van der Waals surface area contributed by atoms with Crippen molar-refractivity contribution in [1.82, 2.24) is 10.2 Å². The Morgan fingerprint density at radius 3 is 2.68 bits per heavy atom. The van der Waals surface area contributed by atoms with Crippen molar-refractivity contribution in [2.45, 2.75) is 19.8 Å². The van der Waals surface area contributed by atoms with E-state index in [2.05, 4.69) is 22.3 Å². The van der Waals surface area contributed by atoms with Crippen LogP contribution in [0.25, 0.3) is 11.3 Å². The normalized spacial score (nSPS) is 19.1. The molecule has 1 heterocycles. The Morgan fingerprint density at radius 1 is 1.14 bits per heavy atom. The van der Waals surface area contributed by atoms with Crippen LogP contribution < -0.4 is 0 Å². The second kappa shape index (κ2) is 6.23. The van der Waals surface area contributed by atoms with Gasteiger partial charge in [-0.05, 0) is 43.0 Å². The Hall–Kier alpha value is -1.65. The van der Waals surface area contributed by atoms with Crippen molar-refractivity contribution in [2.75, 3.05) is 7.11 Å². The maximum absolute atomic E-state index is 6.26. The zero-order valence-corrected chi connectivity index (χ0v) is 13.8. The fraction of sp³-hybridized carbons (Fsp3) is 0.312. The van der Waals surface area contributed by atoms with Crippen LogP contribution >= 0.6 is 23.2 Å². The Kier molecular flexibility index (Phi) is 4.32. The van der Waals surface area contributed by atoms with E-state index in [0.717, 1.165) is 35.4 Å². The van der Waals surface area contributed by atoms with Gasteiger partial charge in [-0.1, -0.05) is 35.3 Å². The molecule has 0 spiro atoms. The van der Waals surface area contributed by atoms with Crippen molar-refractivity contribution < 1.29 is 4.84 Å². The molecule has 1 aromatic heterocycles. The van der Waals surface area contributed by atoms with Gasteiger partial charge >= 0.3 is 0 Å². The lowest BCUT2D eigenvalue weighted by Gasteiger charge is -2.21. The minimum Gasteiger partial charge on any atom is -0.399 e. The molecule has 2 aromatic rings. The number of benzene rings is 1. The molecule has 1 aliphatic carbocycles. The summed E-state index contributed by atoms with van der Waals surface area (Å²) >= 11 is 12.2. The van der Waals surface area contributed by atoms with Gasteiger partial charge in [0.05, 0.1) is 22.1 Å². The molecular weight excluding hydrogens is 321 g/mol. The van der Waals surface area contributed by atoms with Gasteiger partial charge in [-0.25, -0.2) is 0 Å². The first kappa shape index (κ1) is 15.3. The summed E-state index contributed by atoms with van der Waals surface area (Å²) in [7, 11) is 1.55. The summed E-state index contributed by atoms with van der Waals surface area (Å²) in [6.07, 6.45) is 1.75. The van der Waals surface area contributed by atoms with Crippen LogP contribution in [-0.4, -0.2) is 23.0 Å². The highest BCUT2D eigenvalue weighted by Crippen LogP contribution is 2.32. The summed E-state index contributed by atoms with van der Waals surface area (Å²) in [5.41, 5.74) is 4.34. The standard InChI is InChI=1S/C16H15Cl2N3O/c1-9-5-14-12(16(6-9)21-22-2)8-15(20-19-14)11-4-3-10(17)7-13(11)18/h3-4,7-9H,5-6H2,1-2H3/b21-16+/t9-/m1/s1. The lowest BCUT2D eigenvalue weighted by Crippen LogP contribution is -2.21. The van der Waals surface area contributed by atoms with Gasteiger partial charge in [0.1, 0.15) is 7.11 Å². The fourth-order valence-corrected chi connectivity index (χ4v) is 3.19. The first-order valence-corrected chi connectivity index (χ1v) is 7.76. The molecule has 114 valence electrons. The maximum atomic E-state index is 6.26. The van der Waals surface area contributed by atoms with E-state index in [1.807, 2.05) is 12.1 Å². The molecule has 1 aromatic carbocycles. The number of oxime groups is 1. The van der Waals surface area contributed by atoms with Gasteiger partial charge in [0, 0.05) is 16.1 Å². The molecule has 0 aliphatic heterocycles. The SMILES string of the molecule is CO/N=C1\C[C@H](C)Cc2nnc(-c3ccc(Cl)cc3Cl)cc21. The predicted octanol–water partition coefficient (Wildman–Crippen LogP) is 4.38. The lowest BCUT2D eigenvalue weighted by molar-refractivity contribution is 0.212. The van der Waals surface area contributed by atoms with Crippen molar-refractivity contribution in [3.63, 3.8) is 0 Å². The van der Waals surface area contributed by atoms with Crippen LogP contribution in [0.2, 0.25) is 10.0 Å². The van der Waals surface area contributed by atoms with Crippen molar-refractivity contribution in [1.29, 1.82) is 0 Å². The third-order valence-electron chi connectivity index (χ3n) is 3.67. The number of halogens is 2. The van der Waals surface area contributed by atoms with E-state index in [1.165, 1.54) is 0 Å². The highest BCUT2D eigenvalue weighted by molar-refractivity contribution is 6.36. The molecule has 0 bridgehead atoms. The molecule has 0 radical (unpaired) electrons. The molecule has 1 aliphatic rings. The highest BCUT2D eigenvalue weighted by atomic mass is 35.5. The van der Waals surface area contributed by atoms with Gasteiger partial charge in [-0.2, -0.15) is 10.2 Å². The Bertz CT molecular complexity index is 746. The van der Waals surface area contributed by atoms with Crippen molar-refractivity contribution in [3.8, 4) is 11.3 Å². The van der Waals surface area contributed by atoms with Crippen LogP contribution in [0.4, 0.5) is 0 Å². The average molecular weight is 336 g/mol. The molecule has 0 N–H and O–H groups in total. The fourth-order valence-electron chi connectivity index (χ4n) is 2.69. The molecule has 22 heavy (non-hydrogen) atoms. The van der Waals surface area contributed by atoms with Gasteiger partial charge in [-0.15, -0.1) is 0 Å². The largest absolute Gasteiger partial charge is 0.399 e. The molecule has 3 rings (SSSR count). The summed E-state index contributed by atoms with van der Waals surface area (Å²) in [5.74, 6) is 0.473. The number of fused-ring (bicyclic) bond motifs is 1. The van der Waals surface area contributed by atoms with Crippen molar-refractivity contribution in [3.05, 3.63) is 45.6 Å². The Balaban J connectivity index is 2.10. The maximum Gasteiger partial charge on any atom is 0.106 e. The third kappa shape index (κ3) is 2.94. The number of rotatable bonds is 2. The van der Waals surface area contributed by atoms with Crippen LogP contribution in [0, 0.1) is 5.92 Å². The Labute approximate surface area is 139 Å². The quantitative estimate of drug-likeness (QED) is 0.765. The molecule has 4 nitrogen and oxygen atoms in total. The van der Waals surface area contributed by atoms with Crippen LogP contribution in [-0.2, 0) is 11.3 Å². The molecule has 0 saturated heterocycles. The predicted molar refractivity (Wildman–Crippen MR) is 88.5 cm³/mol. The summed E-state index contributed by atoms with van der Waals surface area (Å²) < 4.78 is 0. The number of nitrogens with zero attached hydrogens (tertiary/aromatic N) is 3. The molecule has 6 heteroatoms. The lowest BCUT2D eigenvalue weighted by atomic mass is 9.86. The van der Waals surface area contributed by atoms with Gasteiger partial charge in [0.2, 0.25) is 0 Å². The van der Waals surface area contributed by atoms with Gasteiger partial charge in [-0.3, -0.25) is 0 Å². The smallest absolute Gasteiger partial charge is 0.106 e. The second-order valence-corrected chi connectivity index (χ2v) is 6.29. The highest BCUT2D eigenvalue weighted by Gasteiger charge is 2.24. The van der Waals surface area contributed by atoms with Crippen molar-refractivity contribution >= 4 is 28.9 Å². The first-order chi connectivity index (χ1) is 10.6. The van der Waals surface area contributed by atoms with Crippen LogP contribution in [0.5, 0.6) is 0 Å². The molecule has 0 saturated carbocycles. The van der Waals surface area contributed by atoms with Gasteiger partial charge in [0.15, 0.2) is 0 Å². The van der Waals surface area contributed by atoms with E-state index in [9.17, 15) is 0 Å². The molecule has 0 unspecified atom stereocenters. The third-order valence-corrected chi connectivity index (χ3v) is 4.22. The van der Waals surface area contributed by atoms with E-state index in [0.29, 0.717) is 21.7 Å². The monoisotopic (exact) mass is 335 g/mol. The van der Waals surface area contributed by atoms with Gasteiger partial charge in [0.25, 0.3) is 0 Å². The zero-order chi connectivity index (χ0) is 15.7. The average Bonchev–Trinajstić information content (AvgIpc) is 2.47. The molecule has 1 atom stereocenters. The zero-order valence-electron chi connectivity index (χ0n) is 12.3. The first-order valence-electron chi connectivity index (χ1n) is 7.01. The van der Waals surface area contributed by atoms with Crippen LogP contribution in [0.3, 0.4) is 0 Å². The van der Waals surface area contributed by atoms with Crippen LogP contribution in [0.1, 0.15) is 24.6 Å². The number of hydrogen-bond acceptors (Lipinski definition) is 4. The minimum atomic E-state index is 0.473. The molecule has 0 amide bonds. The van der Waals surface area contributed by atoms with E-state index >= 15 is 0 Å². The molecular formula is C16H15Cl2N3O. The van der Waals surface area contributed by atoms with E-state index < -0.39 is 0 Å². The summed E-state index contributed by atoms with van der Waals surface area (Å²) in [6.45, 7) is 2.17.